The van der Waals surface area contributed by atoms with Crippen LogP contribution < -0.4 is 5.32 Å². The zero-order valence-corrected chi connectivity index (χ0v) is 11.0. The van der Waals surface area contributed by atoms with E-state index in [1.807, 2.05) is 0 Å². The predicted octanol–water partition coefficient (Wildman–Crippen LogP) is -1.11. The third kappa shape index (κ3) is 7.32. The third-order valence-corrected chi connectivity index (χ3v) is 4.90. The zero-order valence-electron chi connectivity index (χ0n) is 9.39. The Kier molecular flexibility index (Phi) is 5.36. The highest BCUT2D eigenvalue weighted by molar-refractivity contribution is 7.92. The molecule has 1 aliphatic rings. The van der Waals surface area contributed by atoms with Crippen molar-refractivity contribution in [2.75, 3.05) is 30.1 Å². The second-order valence-corrected chi connectivity index (χ2v) is 8.16. The maximum atomic E-state index is 11.4. The second kappa shape index (κ2) is 6.09. The van der Waals surface area contributed by atoms with Gasteiger partial charge in [0.25, 0.3) is 0 Å². The van der Waals surface area contributed by atoms with E-state index >= 15 is 0 Å². The standard InChI is InChI=1S/C9H19NO4S2/c1-16(13,14)5-4-15(12)7-9(11)6-10-8-2-3-8/h8-11H,2-7H2,1H3. The number of hydrogen-bond donors (Lipinski definition) is 2. The Labute approximate surface area is 99.0 Å². The summed E-state index contributed by atoms with van der Waals surface area (Å²) in [6, 6.07) is 0.513. The molecular formula is C9H19NO4S2. The first-order valence-corrected chi connectivity index (χ1v) is 8.86. The first kappa shape index (κ1) is 14.1. The van der Waals surface area contributed by atoms with Gasteiger partial charge in [0.2, 0.25) is 0 Å². The number of aliphatic hydroxyl groups is 1. The van der Waals surface area contributed by atoms with Crippen LogP contribution in [0.1, 0.15) is 12.8 Å². The molecule has 0 heterocycles. The van der Waals surface area contributed by atoms with Gasteiger partial charge in [0.1, 0.15) is 9.84 Å². The molecule has 0 aromatic carbocycles. The van der Waals surface area contributed by atoms with Gasteiger partial charge < -0.3 is 10.4 Å². The van der Waals surface area contributed by atoms with Crippen molar-refractivity contribution < 1.29 is 17.7 Å². The minimum absolute atomic E-state index is 0.0810. The largest absolute Gasteiger partial charge is 0.391 e. The van der Waals surface area contributed by atoms with E-state index in [1.165, 1.54) is 0 Å². The van der Waals surface area contributed by atoms with Gasteiger partial charge in [-0.05, 0) is 12.8 Å². The van der Waals surface area contributed by atoms with Crippen molar-refractivity contribution in [2.45, 2.75) is 25.0 Å². The van der Waals surface area contributed by atoms with E-state index < -0.39 is 26.7 Å². The van der Waals surface area contributed by atoms with Crippen LogP contribution in [0.2, 0.25) is 0 Å². The van der Waals surface area contributed by atoms with Crippen LogP contribution in [0.4, 0.5) is 0 Å². The van der Waals surface area contributed by atoms with Crippen molar-refractivity contribution in [3.8, 4) is 0 Å². The van der Waals surface area contributed by atoms with E-state index in [-0.39, 0.29) is 17.3 Å². The molecule has 96 valence electrons. The fourth-order valence-electron chi connectivity index (χ4n) is 1.19. The Bertz CT molecular complexity index is 337. The molecule has 0 aromatic heterocycles. The topological polar surface area (TPSA) is 83.5 Å². The molecule has 2 unspecified atom stereocenters. The van der Waals surface area contributed by atoms with Gasteiger partial charge >= 0.3 is 0 Å². The van der Waals surface area contributed by atoms with E-state index in [0.29, 0.717) is 12.6 Å². The summed E-state index contributed by atoms with van der Waals surface area (Å²) in [5, 5.41) is 12.7. The molecule has 0 radical (unpaired) electrons. The van der Waals surface area contributed by atoms with Crippen LogP contribution in [-0.2, 0) is 20.6 Å². The number of nitrogens with one attached hydrogen (secondary N) is 1. The van der Waals surface area contributed by atoms with E-state index in [2.05, 4.69) is 5.32 Å². The average molecular weight is 269 g/mol. The quantitative estimate of drug-likeness (QED) is 0.584. The summed E-state index contributed by atoms with van der Waals surface area (Å²) in [6.07, 6.45) is 2.75. The van der Waals surface area contributed by atoms with Gasteiger partial charge in [-0.25, -0.2) is 8.42 Å². The molecule has 1 rings (SSSR count). The number of hydrogen-bond acceptors (Lipinski definition) is 5. The lowest BCUT2D eigenvalue weighted by molar-refractivity contribution is 0.194. The van der Waals surface area contributed by atoms with Crippen LogP contribution >= 0.6 is 0 Å². The Morgan fingerprint density at radius 2 is 2.12 bits per heavy atom. The number of rotatable bonds is 8. The summed E-state index contributed by atoms with van der Waals surface area (Å²) in [4.78, 5) is 0. The van der Waals surface area contributed by atoms with Crippen molar-refractivity contribution >= 4 is 20.6 Å². The lowest BCUT2D eigenvalue weighted by Gasteiger charge is -2.10. The van der Waals surface area contributed by atoms with Gasteiger partial charge in [-0.15, -0.1) is 0 Å². The van der Waals surface area contributed by atoms with Gasteiger partial charge in [-0.3, -0.25) is 4.21 Å². The first-order chi connectivity index (χ1) is 7.37. The Morgan fingerprint density at radius 1 is 1.50 bits per heavy atom. The normalized spacial score (nSPS) is 20.6. The lowest BCUT2D eigenvalue weighted by atomic mass is 10.4. The molecule has 2 atom stereocenters. The Balaban J connectivity index is 2.11. The predicted molar refractivity (Wildman–Crippen MR) is 64.6 cm³/mol. The first-order valence-electron chi connectivity index (χ1n) is 5.31. The maximum Gasteiger partial charge on any atom is 0.148 e. The highest BCUT2D eigenvalue weighted by Gasteiger charge is 2.21. The average Bonchev–Trinajstić information content (AvgIpc) is 2.94. The highest BCUT2D eigenvalue weighted by atomic mass is 32.2. The Morgan fingerprint density at radius 3 is 2.62 bits per heavy atom. The van der Waals surface area contributed by atoms with Crippen LogP contribution in [0.3, 0.4) is 0 Å². The maximum absolute atomic E-state index is 11.4. The van der Waals surface area contributed by atoms with Gasteiger partial charge in [-0.1, -0.05) is 0 Å². The monoisotopic (exact) mass is 269 g/mol. The van der Waals surface area contributed by atoms with Crippen LogP contribution in [-0.4, -0.2) is 59.9 Å². The molecule has 1 fully saturated rings. The van der Waals surface area contributed by atoms with Crippen molar-refractivity contribution in [2.24, 2.45) is 0 Å². The van der Waals surface area contributed by atoms with Crippen molar-refractivity contribution in [1.82, 2.24) is 5.32 Å². The minimum Gasteiger partial charge on any atom is -0.391 e. The van der Waals surface area contributed by atoms with Gasteiger partial charge in [0.15, 0.2) is 0 Å². The molecule has 0 saturated heterocycles. The molecule has 5 nitrogen and oxygen atoms in total. The van der Waals surface area contributed by atoms with Gasteiger partial charge in [-0.2, -0.15) is 0 Å². The smallest absolute Gasteiger partial charge is 0.148 e. The minimum atomic E-state index is -3.06. The summed E-state index contributed by atoms with van der Waals surface area (Å²) in [5.41, 5.74) is 0. The summed E-state index contributed by atoms with van der Waals surface area (Å²) >= 11 is 0. The van der Waals surface area contributed by atoms with Crippen LogP contribution in [0.25, 0.3) is 0 Å². The van der Waals surface area contributed by atoms with Gasteiger partial charge in [0, 0.05) is 35.4 Å². The van der Waals surface area contributed by atoms with Crippen LogP contribution in [0.5, 0.6) is 0 Å². The van der Waals surface area contributed by atoms with Crippen LogP contribution in [0.15, 0.2) is 0 Å². The zero-order chi connectivity index (χ0) is 12.2. The van der Waals surface area contributed by atoms with Crippen LogP contribution in [0, 0.1) is 0 Å². The van der Waals surface area contributed by atoms with Gasteiger partial charge in [0.05, 0.1) is 17.6 Å². The summed E-state index contributed by atoms with van der Waals surface area (Å²) in [7, 11) is -4.32. The third-order valence-electron chi connectivity index (χ3n) is 2.28. The summed E-state index contributed by atoms with van der Waals surface area (Å²) in [5.74, 6) is 0.178. The second-order valence-electron chi connectivity index (χ2n) is 4.28. The molecule has 2 N–H and O–H groups in total. The van der Waals surface area contributed by atoms with Crippen molar-refractivity contribution in [3.05, 3.63) is 0 Å². The molecular weight excluding hydrogens is 250 g/mol. The Hall–Kier alpha value is 0.0200. The number of aliphatic hydroxyl groups excluding tert-OH is 1. The molecule has 0 amide bonds. The number of sulfone groups is 1. The SMILES string of the molecule is CS(=O)(=O)CCS(=O)CC(O)CNC1CC1. The summed E-state index contributed by atoms with van der Waals surface area (Å²) in [6.45, 7) is 0.440. The van der Waals surface area contributed by atoms with E-state index in [1.54, 1.807) is 0 Å². The van der Waals surface area contributed by atoms with Crippen molar-refractivity contribution in [1.29, 1.82) is 0 Å². The molecule has 0 spiro atoms. The van der Waals surface area contributed by atoms with E-state index in [4.69, 9.17) is 0 Å². The van der Waals surface area contributed by atoms with Crippen molar-refractivity contribution in [3.63, 3.8) is 0 Å². The molecule has 16 heavy (non-hydrogen) atoms. The molecule has 1 saturated carbocycles. The molecule has 0 aromatic rings. The lowest BCUT2D eigenvalue weighted by Crippen LogP contribution is -2.33. The van der Waals surface area contributed by atoms with E-state index in [0.717, 1.165) is 19.1 Å². The van der Waals surface area contributed by atoms with E-state index in [9.17, 15) is 17.7 Å². The fourth-order valence-corrected chi connectivity index (χ4v) is 3.86. The molecule has 1 aliphatic carbocycles. The molecule has 0 bridgehead atoms. The molecule has 0 aliphatic heterocycles. The fraction of sp³-hybridized carbons (Fsp3) is 1.00. The molecule has 7 heteroatoms. The summed E-state index contributed by atoms with van der Waals surface area (Å²) < 4.78 is 33.1. The highest BCUT2D eigenvalue weighted by Crippen LogP contribution is 2.18.